The van der Waals surface area contributed by atoms with Crippen LogP contribution in [-0.2, 0) is 22.3 Å². The number of nitrogens with one attached hydrogen (secondary N) is 2. The fraction of sp³-hybridized carbons (Fsp3) is 0.222. The molecule has 9 heteroatoms. The lowest BCUT2D eigenvalue weighted by Gasteiger charge is -2.18. The zero-order chi connectivity index (χ0) is 25.9. The van der Waals surface area contributed by atoms with E-state index in [2.05, 4.69) is 10.6 Å². The number of hydrogen-bond acceptors (Lipinski definition) is 3. The van der Waals surface area contributed by atoms with Crippen molar-refractivity contribution in [3.8, 4) is 0 Å². The summed E-state index contributed by atoms with van der Waals surface area (Å²) >= 11 is 0. The van der Waals surface area contributed by atoms with Crippen LogP contribution < -0.4 is 15.5 Å². The molecule has 0 spiro atoms. The van der Waals surface area contributed by atoms with Crippen molar-refractivity contribution in [2.75, 3.05) is 16.8 Å². The van der Waals surface area contributed by atoms with E-state index >= 15 is 0 Å². The number of hydrogen-bond donors (Lipinski definition) is 2. The van der Waals surface area contributed by atoms with Crippen LogP contribution in [0.4, 0.5) is 24.5 Å². The van der Waals surface area contributed by atoms with Gasteiger partial charge in [0.2, 0.25) is 11.8 Å². The van der Waals surface area contributed by atoms with E-state index in [0.717, 1.165) is 23.3 Å². The van der Waals surface area contributed by atoms with Gasteiger partial charge in [0.15, 0.2) is 0 Å². The quantitative estimate of drug-likeness (QED) is 0.509. The molecule has 1 fully saturated rings. The number of amides is 3. The van der Waals surface area contributed by atoms with E-state index in [1.54, 1.807) is 24.3 Å². The second-order valence-electron chi connectivity index (χ2n) is 8.66. The van der Waals surface area contributed by atoms with E-state index in [1.807, 2.05) is 31.2 Å². The van der Waals surface area contributed by atoms with Gasteiger partial charge in [-0.2, -0.15) is 13.2 Å². The van der Waals surface area contributed by atoms with Crippen LogP contribution in [0.25, 0.3) is 0 Å². The number of nitrogens with zero attached hydrogens (tertiary/aromatic N) is 1. The number of benzene rings is 3. The Labute approximate surface area is 206 Å². The molecule has 0 aromatic heterocycles. The molecule has 36 heavy (non-hydrogen) atoms. The molecular formula is C27H24F3N3O3. The summed E-state index contributed by atoms with van der Waals surface area (Å²) in [6.07, 6.45) is -4.69. The van der Waals surface area contributed by atoms with Gasteiger partial charge in [0.1, 0.15) is 0 Å². The third kappa shape index (κ3) is 5.73. The number of halogens is 3. The molecule has 0 radical (unpaired) electrons. The van der Waals surface area contributed by atoms with Crippen LogP contribution in [0.3, 0.4) is 0 Å². The number of carbonyl (C=O) groups is 3. The molecule has 0 saturated carbocycles. The van der Waals surface area contributed by atoms with Crippen molar-refractivity contribution in [2.24, 2.45) is 5.92 Å². The SMILES string of the molecule is Cc1ccc(CNC(=O)c2ccccc2NC(=O)[C@@H]2CC(=O)N(c3cccc(C(F)(F)F)c3)C2)cc1. The van der Waals surface area contributed by atoms with Crippen LogP contribution in [0, 0.1) is 12.8 Å². The highest BCUT2D eigenvalue weighted by Crippen LogP contribution is 2.33. The topological polar surface area (TPSA) is 78.5 Å². The minimum absolute atomic E-state index is 0.0617. The smallest absolute Gasteiger partial charge is 0.348 e. The largest absolute Gasteiger partial charge is 0.416 e. The number of aryl methyl sites for hydroxylation is 1. The van der Waals surface area contributed by atoms with E-state index in [-0.39, 0.29) is 35.8 Å². The maximum absolute atomic E-state index is 13.1. The van der Waals surface area contributed by atoms with Crippen LogP contribution in [0.5, 0.6) is 0 Å². The Balaban J connectivity index is 1.43. The van der Waals surface area contributed by atoms with Crippen molar-refractivity contribution >= 4 is 29.1 Å². The first-order chi connectivity index (χ1) is 17.1. The lowest BCUT2D eigenvalue weighted by Crippen LogP contribution is -2.29. The predicted octanol–water partition coefficient (Wildman–Crippen LogP) is 4.94. The molecule has 6 nitrogen and oxygen atoms in total. The first-order valence-electron chi connectivity index (χ1n) is 11.3. The highest BCUT2D eigenvalue weighted by Gasteiger charge is 2.37. The zero-order valence-electron chi connectivity index (χ0n) is 19.4. The van der Waals surface area contributed by atoms with Gasteiger partial charge in [-0.25, -0.2) is 0 Å². The summed E-state index contributed by atoms with van der Waals surface area (Å²) in [5, 5.41) is 5.54. The predicted molar refractivity (Wildman–Crippen MR) is 129 cm³/mol. The van der Waals surface area contributed by atoms with Gasteiger partial charge in [-0.1, -0.05) is 48.0 Å². The Kier molecular flexibility index (Phi) is 7.10. The second-order valence-corrected chi connectivity index (χ2v) is 8.66. The molecule has 3 aromatic rings. The maximum Gasteiger partial charge on any atom is 0.416 e. The van der Waals surface area contributed by atoms with Crippen LogP contribution in [0.15, 0.2) is 72.8 Å². The molecule has 0 aliphatic carbocycles. The molecule has 1 atom stereocenters. The average Bonchev–Trinajstić information content (AvgIpc) is 3.25. The van der Waals surface area contributed by atoms with Gasteiger partial charge in [0.25, 0.3) is 5.91 Å². The second kappa shape index (κ2) is 10.2. The van der Waals surface area contributed by atoms with Gasteiger partial charge in [-0.3, -0.25) is 14.4 Å². The summed E-state index contributed by atoms with van der Waals surface area (Å²) in [6.45, 7) is 2.22. The Bertz CT molecular complexity index is 1290. The molecule has 3 amide bonds. The van der Waals surface area contributed by atoms with Crippen molar-refractivity contribution in [1.29, 1.82) is 0 Å². The van der Waals surface area contributed by atoms with Crippen molar-refractivity contribution in [3.05, 3.63) is 95.1 Å². The molecule has 1 heterocycles. The molecule has 2 N–H and O–H groups in total. The van der Waals surface area contributed by atoms with E-state index in [1.165, 1.54) is 17.0 Å². The third-order valence-corrected chi connectivity index (χ3v) is 5.98. The number of para-hydroxylation sites is 1. The highest BCUT2D eigenvalue weighted by molar-refractivity contribution is 6.07. The van der Waals surface area contributed by atoms with Crippen LogP contribution in [-0.4, -0.2) is 24.3 Å². The standard InChI is InChI=1S/C27H24F3N3O3/c1-17-9-11-18(12-10-17)15-31-26(36)22-7-2-3-8-23(22)32-25(35)19-13-24(34)33(16-19)21-6-4-5-20(14-21)27(28,29)30/h2-12,14,19H,13,15-16H2,1H3,(H,31,36)(H,32,35)/t19-/m1/s1. The molecule has 0 bridgehead atoms. The molecule has 3 aromatic carbocycles. The lowest BCUT2D eigenvalue weighted by atomic mass is 10.1. The molecule has 0 unspecified atom stereocenters. The van der Waals surface area contributed by atoms with Crippen LogP contribution in [0.2, 0.25) is 0 Å². The Hall–Kier alpha value is -4.14. The van der Waals surface area contributed by atoms with Gasteiger partial charge in [0, 0.05) is 25.2 Å². The van der Waals surface area contributed by atoms with E-state index in [0.29, 0.717) is 6.54 Å². The van der Waals surface area contributed by atoms with Crippen molar-refractivity contribution in [3.63, 3.8) is 0 Å². The molecule has 1 aliphatic rings. The fourth-order valence-corrected chi connectivity index (χ4v) is 3.99. The van der Waals surface area contributed by atoms with Crippen LogP contribution >= 0.6 is 0 Å². The minimum Gasteiger partial charge on any atom is -0.348 e. The van der Waals surface area contributed by atoms with Gasteiger partial charge in [0.05, 0.1) is 22.7 Å². The van der Waals surface area contributed by atoms with Gasteiger partial charge < -0.3 is 15.5 Å². The summed E-state index contributed by atoms with van der Waals surface area (Å²) in [6, 6.07) is 18.7. The number of carbonyl (C=O) groups excluding carboxylic acids is 3. The summed E-state index contributed by atoms with van der Waals surface area (Å²) in [5.41, 5.74) is 1.79. The molecule has 1 saturated heterocycles. The number of rotatable bonds is 6. The highest BCUT2D eigenvalue weighted by atomic mass is 19.4. The first-order valence-corrected chi connectivity index (χ1v) is 11.3. The number of alkyl halides is 3. The molecule has 4 rings (SSSR count). The monoisotopic (exact) mass is 495 g/mol. The van der Waals surface area contributed by atoms with Gasteiger partial charge >= 0.3 is 6.18 Å². The van der Waals surface area contributed by atoms with Gasteiger partial charge in [-0.15, -0.1) is 0 Å². The molecular weight excluding hydrogens is 471 g/mol. The third-order valence-electron chi connectivity index (χ3n) is 5.98. The van der Waals surface area contributed by atoms with Crippen molar-refractivity contribution in [2.45, 2.75) is 26.1 Å². The summed E-state index contributed by atoms with van der Waals surface area (Å²) < 4.78 is 39.2. The van der Waals surface area contributed by atoms with E-state index in [9.17, 15) is 27.6 Å². The maximum atomic E-state index is 13.1. The fourth-order valence-electron chi connectivity index (χ4n) is 3.99. The summed E-state index contributed by atoms with van der Waals surface area (Å²) in [4.78, 5) is 39.4. The Morgan fingerprint density at radius 2 is 1.72 bits per heavy atom. The average molecular weight is 496 g/mol. The lowest BCUT2D eigenvalue weighted by molar-refractivity contribution is -0.137. The van der Waals surface area contributed by atoms with Crippen LogP contribution in [0.1, 0.15) is 33.5 Å². The minimum atomic E-state index is -4.54. The summed E-state index contributed by atoms with van der Waals surface area (Å²) in [5.74, 6) is -2.09. The zero-order valence-corrected chi connectivity index (χ0v) is 19.4. The summed E-state index contributed by atoms with van der Waals surface area (Å²) in [7, 11) is 0. The van der Waals surface area contributed by atoms with Gasteiger partial charge in [-0.05, 0) is 42.8 Å². The van der Waals surface area contributed by atoms with Crippen molar-refractivity contribution < 1.29 is 27.6 Å². The number of anilines is 2. The first kappa shape index (κ1) is 25.0. The Morgan fingerprint density at radius 3 is 2.44 bits per heavy atom. The van der Waals surface area contributed by atoms with E-state index < -0.39 is 29.5 Å². The Morgan fingerprint density at radius 1 is 1.00 bits per heavy atom. The molecule has 186 valence electrons. The van der Waals surface area contributed by atoms with E-state index in [4.69, 9.17) is 0 Å². The van der Waals surface area contributed by atoms with Crippen molar-refractivity contribution in [1.82, 2.24) is 5.32 Å². The normalized spacial score (nSPS) is 15.6. The molecule has 1 aliphatic heterocycles.